The summed E-state index contributed by atoms with van der Waals surface area (Å²) in [4.78, 5) is 13.1. The molecule has 27 heavy (non-hydrogen) atoms. The average Bonchev–Trinajstić information content (AvgIpc) is 3.04. The smallest absolute Gasteiger partial charge is 0.184 e. The minimum absolute atomic E-state index is 0.157. The Bertz CT molecular complexity index is 1140. The fourth-order valence-electron chi connectivity index (χ4n) is 2.86. The number of aromatic nitrogens is 5. The largest absolute Gasteiger partial charge is 0.393 e. The summed E-state index contributed by atoms with van der Waals surface area (Å²) in [6.07, 6.45) is 1.66. The minimum atomic E-state index is -0.302. The molecule has 136 valence electrons. The van der Waals surface area contributed by atoms with E-state index in [0.29, 0.717) is 28.5 Å². The maximum absolute atomic E-state index is 14.1. The molecule has 3 heterocycles. The zero-order valence-electron chi connectivity index (χ0n) is 14.5. The number of hydrogen-bond donors (Lipinski definition) is 3. The van der Waals surface area contributed by atoms with Crippen LogP contribution in [0.15, 0.2) is 42.6 Å². The number of nitrogens with zero attached hydrogens (tertiary/aromatic N) is 5. The first-order valence-electron chi connectivity index (χ1n) is 8.24. The average molecular weight is 364 g/mol. The van der Waals surface area contributed by atoms with Crippen LogP contribution in [0.5, 0.6) is 0 Å². The lowest BCUT2D eigenvalue weighted by molar-refractivity contribution is 0.589. The third-order valence-electron chi connectivity index (χ3n) is 4.21. The molecule has 0 unspecified atom stereocenters. The number of nitrogens with one attached hydrogen (secondary N) is 1. The molecule has 0 aliphatic carbocycles. The SMILES string of the molecule is CNc1nc(-c2nn(Cc3ccccc3F)c3ncccc23)nc(N)c1N. The van der Waals surface area contributed by atoms with Crippen LogP contribution in [0.3, 0.4) is 0 Å². The zero-order valence-corrected chi connectivity index (χ0v) is 14.5. The second-order valence-electron chi connectivity index (χ2n) is 5.92. The van der Waals surface area contributed by atoms with Gasteiger partial charge in [0.25, 0.3) is 0 Å². The number of rotatable bonds is 4. The highest BCUT2D eigenvalue weighted by Crippen LogP contribution is 2.29. The number of pyridine rings is 1. The summed E-state index contributed by atoms with van der Waals surface area (Å²) in [6, 6.07) is 10.2. The van der Waals surface area contributed by atoms with E-state index in [2.05, 4.69) is 25.4 Å². The summed E-state index contributed by atoms with van der Waals surface area (Å²) < 4.78 is 15.7. The third-order valence-corrected chi connectivity index (χ3v) is 4.21. The molecule has 9 heteroatoms. The van der Waals surface area contributed by atoms with Crippen LogP contribution in [0.25, 0.3) is 22.6 Å². The van der Waals surface area contributed by atoms with Crippen molar-refractivity contribution in [1.29, 1.82) is 0 Å². The molecule has 3 aromatic heterocycles. The van der Waals surface area contributed by atoms with Gasteiger partial charge in [-0.05, 0) is 18.2 Å². The predicted octanol–water partition coefficient (Wildman–Crippen LogP) is 2.28. The summed E-state index contributed by atoms with van der Waals surface area (Å²) >= 11 is 0. The number of anilines is 3. The number of hydrogen-bond acceptors (Lipinski definition) is 7. The van der Waals surface area contributed by atoms with E-state index in [1.165, 1.54) is 6.07 Å². The Labute approximate surface area is 154 Å². The van der Waals surface area contributed by atoms with Gasteiger partial charge in [-0.15, -0.1) is 0 Å². The van der Waals surface area contributed by atoms with E-state index < -0.39 is 0 Å². The molecule has 0 saturated heterocycles. The normalized spacial score (nSPS) is 11.0. The maximum Gasteiger partial charge on any atom is 0.184 e. The third kappa shape index (κ3) is 2.88. The van der Waals surface area contributed by atoms with Crippen molar-refractivity contribution < 1.29 is 4.39 Å². The summed E-state index contributed by atoms with van der Waals surface area (Å²) in [5, 5.41) is 8.21. The van der Waals surface area contributed by atoms with E-state index in [-0.39, 0.29) is 23.9 Å². The van der Waals surface area contributed by atoms with Crippen molar-refractivity contribution >= 4 is 28.4 Å². The Morgan fingerprint density at radius 1 is 1.11 bits per heavy atom. The van der Waals surface area contributed by atoms with Gasteiger partial charge in [-0.1, -0.05) is 18.2 Å². The second-order valence-corrected chi connectivity index (χ2v) is 5.92. The standard InChI is InChI=1S/C18H17FN8/c1-22-16-13(20)15(21)24-17(25-16)14-11-6-4-8-23-18(11)27(26-14)9-10-5-2-3-7-12(10)19/h2-8H,9,20H2,1H3,(H3,21,22,24,25). The molecule has 0 radical (unpaired) electrons. The number of halogens is 1. The molecule has 0 atom stereocenters. The predicted molar refractivity (Wildman–Crippen MR) is 102 cm³/mol. The van der Waals surface area contributed by atoms with Crippen molar-refractivity contribution in [3.63, 3.8) is 0 Å². The zero-order chi connectivity index (χ0) is 19.0. The first-order chi connectivity index (χ1) is 13.1. The highest BCUT2D eigenvalue weighted by Gasteiger charge is 2.19. The van der Waals surface area contributed by atoms with Crippen molar-refractivity contribution in [2.75, 3.05) is 23.8 Å². The van der Waals surface area contributed by atoms with Crippen molar-refractivity contribution in [2.45, 2.75) is 6.54 Å². The van der Waals surface area contributed by atoms with E-state index in [9.17, 15) is 4.39 Å². The molecule has 0 spiro atoms. The molecule has 1 aromatic carbocycles. The lowest BCUT2D eigenvalue weighted by Gasteiger charge is -2.08. The number of fused-ring (bicyclic) bond motifs is 1. The van der Waals surface area contributed by atoms with Crippen LogP contribution in [-0.2, 0) is 6.54 Å². The molecule has 0 amide bonds. The van der Waals surface area contributed by atoms with Gasteiger partial charge in [-0.25, -0.2) is 24.0 Å². The minimum Gasteiger partial charge on any atom is -0.393 e. The monoisotopic (exact) mass is 364 g/mol. The topological polar surface area (TPSA) is 121 Å². The highest BCUT2D eigenvalue weighted by atomic mass is 19.1. The number of benzene rings is 1. The fraction of sp³-hybridized carbons (Fsp3) is 0.111. The van der Waals surface area contributed by atoms with Gasteiger partial charge in [0.2, 0.25) is 0 Å². The molecule has 0 saturated carbocycles. The Morgan fingerprint density at radius 2 is 1.93 bits per heavy atom. The molecule has 0 fully saturated rings. The van der Waals surface area contributed by atoms with Crippen LogP contribution >= 0.6 is 0 Å². The molecular weight excluding hydrogens is 347 g/mol. The summed E-state index contributed by atoms with van der Waals surface area (Å²) in [6.45, 7) is 0.226. The summed E-state index contributed by atoms with van der Waals surface area (Å²) in [5.74, 6) is 0.587. The lowest BCUT2D eigenvalue weighted by atomic mass is 10.2. The van der Waals surface area contributed by atoms with Gasteiger partial charge < -0.3 is 16.8 Å². The molecule has 8 nitrogen and oxygen atoms in total. The molecular formula is C18H17FN8. The van der Waals surface area contributed by atoms with Gasteiger partial charge in [0.1, 0.15) is 17.2 Å². The lowest BCUT2D eigenvalue weighted by Crippen LogP contribution is -2.08. The van der Waals surface area contributed by atoms with Gasteiger partial charge in [0.05, 0.1) is 11.9 Å². The molecule has 5 N–H and O–H groups in total. The second kappa shape index (κ2) is 6.52. The highest BCUT2D eigenvalue weighted by molar-refractivity contribution is 5.90. The molecule has 4 aromatic rings. The van der Waals surface area contributed by atoms with E-state index in [4.69, 9.17) is 11.5 Å². The van der Waals surface area contributed by atoms with Crippen LogP contribution in [-0.4, -0.2) is 31.8 Å². The van der Waals surface area contributed by atoms with Crippen molar-refractivity contribution in [3.8, 4) is 11.5 Å². The van der Waals surface area contributed by atoms with E-state index in [1.807, 2.05) is 6.07 Å². The Balaban J connectivity index is 1.88. The Kier molecular flexibility index (Phi) is 4.03. The van der Waals surface area contributed by atoms with Gasteiger partial charge in [0, 0.05) is 18.8 Å². The summed E-state index contributed by atoms with van der Waals surface area (Å²) in [7, 11) is 1.69. The van der Waals surface area contributed by atoms with Crippen LogP contribution < -0.4 is 16.8 Å². The van der Waals surface area contributed by atoms with Crippen LogP contribution in [0.1, 0.15) is 5.56 Å². The molecule has 0 aliphatic rings. The maximum atomic E-state index is 14.1. The Hall–Kier alpha value is -3.75. The Morgan fingerprint density at radius 3 is 2.70 bits per heavy atom. The number of nitrogens with two attached hydrogens (primary N) is 2. The van der Waals surface area contributed by atoms with Crippen LogP contribution in [0.2, 0.25) is 0 Å². The van der Waals surface area contributed by atoms with Gasteiger partial charge in [0.15, 0.2) is 23.1 Å². The van der Waals surface area contributed by atoms with Gasteiger partial charge in [-0.2, -0.15) is 5.10 Å². The molecule has 4 rings (SSSR count). The van der Waals surface area contributed by atoms with Crippen molar-refractivity contribution in [3.05, 3.63) is 54.0 Å². The quantitative estimate of drug-likeness (QED) is 0.508. The molecule has 0 bridgehead atoms. The van der Waals surface area contributed by atoms with E-state index in [0.717, 1.165) is 5.39 Å². The van der Waals surface area contributed by atoms with Crippen molar-refractivity contribution in [2.24, 2.45) is 0 Å². The summed E-state index contributed by atoms with van der Waals surface area (Å²) in [5.41, 5.74) is 13.7. The number of nitrogen functional groups attached to an aromatic ring is 2. The first kappa shape index (κ1) is 16.7. The van der Waals surface area contributed by atoms with E-state index in [1.54, 1.807) is 42.2 Å². The van der Waals surface area contributed by atoms with Crippen LogP contribution in [0, 0.1) is 5.82 Å². The van der Waals surface area contributed by atoms with E-state index >= 15 is 0 Å². The molecule has 0 aliphatic heterocycles. The fourth-order valence-corrected chi connectivity index (χ4v) is 2.86. The first-order valence-corrected chi connectivity index (χ1v) is 8.24. The van der Waals surface area contributed by atoms with Crippen LogP contribution in [0.4, 0.5) is 21.7 Å². The van der Waals surface area contributed by atoms with Gasteiger partial charge in [-0.3, -0.25) is 0 Å². The van der Waals surface area contributed by atoms with Crippen molar-refractivity contribution in [1.82, 2.24) is 24.7 Å². The van der Waals surface area contributed by atoms with Gasteiger partial charge >= 0.3 is 0 Å².